The molecule has 0 aromatic heterocycles. The van der Waals surface area contributed by atoms with Crippen molar-refractivity contribution in [3.63, 3.8) is 0 Å². The second kappa shape index (κ2) is 7.54. The molecule has 0 saturated carbocycles. The van der Waals surface area contributed by atoms with Gasteiger partial charge in [-0.3, -0.25) is 14.5 Å². The number of amides is 2. The Hall–Kier alpha value is -1.92. The van der Waals surface area contributed by atoms with Gasteiger partial charge >= 0.3 is 0 Å². The van der Waals surface area contributed by atoms with Crippen LogP contribution in [0, 0.1) is 0 Å². The third-order valence-electron chi connectivity index (χ3n) is 5.26. The van der Waals surface area contributed by atoms with Gasteiger partial charge in [0.25, 0.3) is 5.91 Å². The lowest BCUT2D eigenvalue weighted by molar-refractivity contribution is -0.150. The molecule has 0 spiro atoms. The Balaban J connectivity index is 1.47. The molecule has 1 atom stereocenters. The highest BCUT2D eigenvalue weighted by atomic mass is 16.3. The minimum Gasteiger partial charge on any atom is -0.378 e. The number of aliphatic hydroxyl groups is 1. The van der Waals surface area contributed by atoms with Crippen molar-refractivity contribution in [2.45, 2.75) is 38.3 Å². The number of piperidine rings is 1. The van der Waals surface area contributed by atoms with Crippen molar-refractivity contribution in [2.24, 2.45) is 0 Å². The molecule has 1 fully saturated rings. The molecule has 25 heavy (non-hydrogen) atoms. The molecule has 136 valence electrons. The van der Waals surface area contributed by atoms with Crippen LogP contribution in [-0.2, 0) is 22.6 Å². The van der Waals surface area contributed by atoms with Crippen molar-refractivity contribution in [3.05, 3.63) is 35.4 Å². The lowest BCUT2D eigenvalue weighted by Crippen LogP contribution is -2.58. The molecule has 1 aromatic carbocycles. The summed E-state index contributed by atoms with van der Waals surface area (Å²) in [4.78, 5) is 27.8. The normalized spacial score (nSPS) is 23.8. The summed E-state index contributed by atoms with van der Waals surface area (Å²) in [5.74, 6) is -0.464. The minimum atomic E-state index is -1.46. The predicted molar refractivity (Wildman–Crippen MR) is 94.9 cm³/mol. The van der Waals surface area contributed by atoms with E-state index in [4.69, 9.17) is 0 Å². The summed E-state index contributed by atoms with van der Waals surface area (Å²) in [6.45, 7) is 5.31. The SMILES string of the molecule is CC(=O)N1CCC[C@](O)(C(=O)NCCN2CCc3ccccc3C2)C1. The molecule has 2 aliphatic heterocycles. The zero-order chi connectivity index (χ0) is 17.9. The van der Waals surface area contributed by atoms with Crippen LogP contribution in [-0.4, -0.2) is 65.0 Å². The summed E-state index contributed by atoms with van der Waals surface area (Å²) in [7, 11) is 0. The van der Waals surface area contributed by atoms with Gasteiger partial charge < -0.3 is 15.3 Å². The predicted octanol–water partition coefficient (Wildman–Crippen LogP) is 0.534. The van der Waals surface area contributed by atoms with Crippen LogP contribution in [0.3, 0.4) is 0 Å². The maximum atomic E-state index is 12.4. The Morgan fingerprint density at radius 3 is 2.76 bits per heavy atom. The van der Waals surface area contributed by atoms with E-state index in [9.17, 15) is 14.7 Å². The maximum Gasteiger partial charge on any atom is 0.253 e. The number of likely N-dealkylation sites (tertiary alicyclic amines) is 1. The minimum absolute atomic E-state index is 0.0885. The third-order valence-corrected chi connectivity index (χ3v) is 5.26. The molecular weight excluding hydrogens is 318 g/mol. The molecule has 1 aromatic rings. The Labute approximate surface area is 148 Å². The summed E-state index contributed by atoms with van der Waals surface area (Å²) >= 11 is 0. The van der Waals surface area contributed by atoms with Gasteiger partial charge in [-0.1, -0.05) is 24.3 Å². The Bertz CT molecular complexity index is 649. The van der Waals surface area contributed by atoms with E-state index in [1.807, 2.05) is 0 Å². The van der Waals surface area contributed by atoms with Crippen LogP contribution in [0.4, 0.5) is 0 Å². The van der Waals surface area contributed by atoms with Crippen molar-refractivity contribution in [2.75, 3.05) is 32.7 Å². The van der Waals surface area contributed by atoms with Crippen LogP contribution < -0.4 is 5.32 Å². The number of benzene rings is 1. The zero-order valence-corrected chi connectivity index (χ0v) is 14.8. The molecule has 0 radical (unpaired) electrons. The van der Waals surface area contributed by atoms with Crippen LogP contribution in [0.25, 0.3) is 0 Å². The van der Waals surface area contributed by atoms with E-state index in [0.717, 1.165) is 26.1 Å². The molecule has 2 amide bonds. The van der Waals surface area contributed by atoms with Gasteiger partial charge in [0.2, 0.25) is 5.91 Å². The third kappa shape index (κ3) is 4.19. The number of carbonyl (C=O) groups excluding carboxylic acids is 2. The van der Waals surface area contributed by atoms with Crippen molar-refractivity contribution in [3.8, 4) is 0 Å². The number of hydrogen-bond acceptors (Lipinski definition) is 4. The molecule has 2 heterocycles. The molecule has 3 rings (SSSR count). The first-order valence-corrected chi connectivity index (χ1v) is 9.03. The van der Waals surface area contributed by atoms with E-state index in [2.05, 4.69) is 34.5 Å². The number of fused-ring (bicyclic) bond motifs is 1. The first kappa shape index (κ1) is 17.9. The number of hydrogen-bond donors (Lipinski definition) is 2. The van der Waals surface area contributed by atoms with Gasteiger partial charge in [-0.05, 0) is 30.4 Å². The molecule has 2 aliphatic rings. The van der Waals surface area contributed by atoms with Gasteiger partial charge in [0.05, 0.1) is 6.54 Å². The summed E-state index contributed by atoms with van der Waals surface area (Å²) in [6, 6.07) is 8.46. The van der Waals surface area contributed by atoms with Crippen LogP contribution in [0.1, 0.15) is 30.9 Å². The number of carbonyl (C=O) groups is 2. The van der Waals surface area contributed by atoms with Gasteiger partial charge in [0, 0.05) is 39.6 Å². The molecule has 2 N–H and O–H groups in total. The summed E-state index contributed by atoms with van der Waals surface area (Å²) in [5, 5.41) is 13.5. The second-order valence-electron chi connectivity index (χ2n) is 7.13. The highest BCUT2D eigenvalue weighted by Gasteiger charge is 2.40. The fourth-order valence-corrected chi connectivity index (χ4v) is 3.73. The summed E-state index contributed by atoms with van der Waals surface area (Å²) < 4.78 is 0. The molecule has 0 unspecified atom stereocenters. The van der Waals surface area contributed by atoms with Crippen LogP contribution >= 0.6 is 0 Å². The average Bonchev–Trinajstić information content (AvgIpc) is 2.61. The quantitative estimate of drug-likeness (QED) is 0.835. The van der Waals surface area contributed by atoms with Crippen molar-refractivity contribution in [1.29, 1.82) is 0 Å². The average molecular weight is 345 g/mol. The highest BCUT2D eigenvalue weighted by Crippen LogP contribution is 2.22. The Kier molecular flexibility index (Phi) is 5.39. The first-order valence-electron chi connectivity index (χ1n) is 9.03. The van der Waals surface area contributed by atoms with Gasteiger partial charge in [0.1, 0.15) is 0 Å². The van der Waals surface area contributed by atoms with E-state index in [-0.39, 0.29) is 18.4 Å². The van der Waals surface area contributed by atoms with Crippen LogP contribution in [0.2, 0.25) is 0 Å². The second-order valence-corrected chi connectivity index (χ2v) is 7.13. The monoisotopic (exact) mass is 345 g/mol. The van der Waals surface area contributed by atoms with E-state index >= 15 is 0 Å². The van der Waals surface area contributed by atoms with E-state index in [0.29, 0.717) is 25.9 Å². The molecule has 0 bridgehead atoms. The topological polar surface area (TPSA) is 72.9 Å². The Morgan fingerprint density at radius 2 is 2.00 bits per heavy atom. The number of rotatable bonds is 4. The highest BCUT2D eigenvalue weighted by molar-refractivity contribution is 5.86. The number of β-amino-alcohol motifs (C(OH)–C–C–N with tert-alkyl or cyclic N) is 1. The van der Waals surface area contributed by atoms with Crippen molar-refractivity contribution < 1.29 is 14.7 Å². The van der Waals surface area contributed by atoms with E-state index < -0.39 is 5.60 Å². The smallest absolute Gasteiger partial charge is 0.253 e. The number of nitrogens with zero attached hydrogens (tertiary/aromatic N) is 2. The van der Waals surface area contributed by atoms with Gasteiger partial charge in [-0.15, -0.1) is 0 Å². The molecule has 6 heteroatoms. The van der Waals surface area contributed by atoms with Gasteiger partial charge in [-0.2, -0.15) is 0 Å². The van der Waals surface area contributed by atoms with Crippen molar-refractivity contribution >= 4 is 11.8 Å². The lowest BCUT2D eigenvalue weighted by atomic mass is 9.92. The zero-order valence-electron chi connectivity index (χ0n) is 14.8. The largest absolute Gasteiger partial charge is 0.378 e. The number of nitrogens with one attached hydrogen (secondary N) is 1. The van der Waals surface area contributed by atoms with Crippen molar-refractivity contribution in [1.82, 2.24) is 15.1 Å². The molecule has 6 nitrogen and oxygen atoms in total. The standard InChI is InChI=1S/C19H27N3O3/c1-15(23)22-10-4-8-19(25,14-22)18(24)20-9-12-21-11-7-16-5-2-3-6-17(16)13-21/h2-3,5-6,25H,4,7-14H2,1H3,(H,20,24)/t19-/m1/s1. The van der Waals surface area contributed by atoms with Gasteiger partial charge in [-0.25, -0.2) is 0 Å². The Morgan fingerprint density at radius 1 is 1.24 bits per heavy atom. The molecule has 0 aliphatic carbocycles. The molecule has 1 saturated heterocycles. The van der Waals surface area contributed by atoms with Gasteiger partial charge in [0.15, 0.2) is 5.60 Å². The fraction of sp³-hybridized carbons (Fsp3) is 0.579. The van der Waals surface area contributed by atoms with E-state index in [1.54, 1.807) is 4.90 Å². The van der Waals surface area contributed by atoms with Crippen LogP contribution in [0.5, 0.6) is 0 Å². The fourth-order valence-electron chi connectivity index (χ4n) is 3.73. The summed E-state index contributed by atoms with van der Waals surface area (Å²) in [5.41, 5.74) is 1.30. The first-order chi connectivity index (χ1) is 12.0. The lowest BCUT2D eigenvalue weighted by Gasteiger charge is -2.37. The maximum absolute atomic E-state index is 12.4. The summed E-state index contributed by atoms with van der Waals surface area (Å²) in [6.07, 6.45) is 2.08. The van der Waals surface area contributed by atoms with E-state index in [1.165, 1.54) is 18.1 Å². The molecular formula is C19H27N3O3. The van der Waals surface area contributed by atoms with Crippen LogP contribution in [0.15, 0.2) is 24.3 Å².